The summed E-state index contributed by atoms with van der Waals surface area (Å²) in [6.45, 7) is 2.12. The van der Waals surface area contributed by atoms with Crippen molar-refractivity contribution in [3.05, 3.63) is 11.9 Å². The minimum Gasteiger partial charge on any atom is -0.384 e. The fraction of sp³-hybridized carbons (Fsp3) is 0.636. The smallest absolute Gasteiger partial charge is 0.133 e. The molecule has 0 radical (unpaired) electrons. The van der Waals surface area contributed by atoms with Crippen molar-refractivity contribution in [1.82, 2.24) is 9.97 Å². The molecule has 0 spiro atoms. The molecule has 0 bridgehead atoms. The van der Waals surface area contributed by atoms with Crippen molar-refractivity contribution in [2.24, 2.45) is 0 Å². The van der Waals surface area contributed by atoms with Gasteiger partial charge in [-0.3, -0.25) is 0 Å². The molecular formula is C11H18N4S. The Balaban J connectivity index is 2.06. The minimum atomic E-state index is 0.536. The van der Waals surface area contributed by atoms with E-state index in [-0.39, 0.29) is 0 Å². The van der Waals surface area contributed by atoms with Crippen LogP contribution in [-0.2, 0) is 6.42 Å². The minimum absolute atomic E-state index is 0.536. The summed E-state index contributed by atoms with van der Waals surface area (Å²) in [5.41, 5.74) is 5.77. The number of nitrogens with one attached hydrogen (secondary N) is 1. The number of thioether (sulfide) groups is 1. The Bertz CT molecular complexity index is 350. The lowest BCUT2D eigenvalue weighted by atomic mass is 10.2. The molecule has 16 heavy (non-hydrogen) atoms. The van der Waals surface area contributed by atoms with Crippen molar-refractivity contribution in [3.8, 4) is 0 Å². The molecule has 3 N–H and O–H groups in total. The van der Waals surface area contributed by atoms with Gasteiger partial charge < -0.3 is 11.1 Å². The molecule has 0 aromatic carbocycles. The molecule has 1 aliphatic rings. The van der Waals surface area contributed by atoms with E-state index in [0.717, 1.165) is 30.2 Å². The van der Waals surface area contributed by atoms with E-state index in [0.29, 0.717) is 11.9 Å². The van der Waals surface area contributed by atoms with Gasteiger partial charge in [-0.1, -0.05) is 6.92 Å². The number of nitrogens with two attached hydrogens (primary N) is 1. The first-order chi connectivity index (χ1) is 7.78. The van der Waals surface area contributed by atoms with Crippen LogP contribution in [0.5, 0.6) is 0 Å². The zero-order chi connectivity index (χ0) is 11.4. The molecule has 0 saturated carbocycles. The van der Waals surface area contributed by atoms with E-state index in [1.165, 1.54) is 12.2 Å². The van der Waals surface area contributed by atoms with Crippen molar-refractivity contribution in [2.45, 2.75) is 32.2 Å². The van der Waals surface area contributed by atoms with Crippen molar-refractivity contribution >= 4 is 23.4 Å². The third-order valence-corrected chi connectivity index (χ3v) is 3.71. The number of hydrogen-bond acceptors (Lipinski definition) is 5. The normalized spacial score (nSPS) is 19.9. The molecule has 5 heteroatoms. The summed E-state index contributed by atoms with van der Waals surface area (Å²) in [5, 5.41) is 3.43. The molecule has 1 unspecified atom stereocenters. The topological polar surface area (TPSA) is 63.8 Å². The highest BCUT2D eigenvalue weighted by Crippen LogP contribution is 2.21. The highest BCUT2D eigenvalue weighted by atomic mass is 32.2. The van der Waals surface area contributed by atoms with Gasteiger partial charge in [0.2, 0.25) is 0 Å². The van der Waals surface area contributed by atoms with E-state index < -0.39 is 0 Å². The molecule has 1 aliphatic heterocycles. The van der Waals surface area contributed by atoms with E-state index in [1.807, 2.05) is 17.8 Å². The van der Waals surface area contributed by atoms with Gasteiger partial charge in [0.05, 0.1) is 0 Å². The van der Waals surface area contributed by atoms with Crippen LogP contribution in [0.3, 0.4) is 0 Å². The van der Waals surface area contributed by atoms with Gasteiger partial charge in [0.1, 0.15) is 17.5 Å². The molecule has 1 saturated heterocycles. The molecule has 0 amide bonds. The molecule has 88 valence electrons. The maximum Gasteiger partial charge on any atom is 0.133 e. The zero-order valence-electron chi connectivity index (χ0n) is 9.57. The Morgan fingerprint density at radius 1 is 1.56 bits per heavy atom. The van der Waals surface area contributed by atoms with Crippen molar-refractivity contribution < 1.29 is 0 Å². The first kappa shape index (κ1) is 11.5. The van der Waals surface area contributed by atoms with Gasteiger partial charge in [-0.2, -0.15) is 11.8 Å². The third kappa shape index (κ3) is 3.01. The maximum atomic E-state index is 5.77. The summed E-state index contributed by atoms with van der Waals surface area (Å²) in [6, 6.07) is 2.36. The van der Waals surface area contributed by atoms with Crippen LogP contribution >= 0.6 is 11.8 Å². The fourth-order valence-corrected chi connectivity index (χ4v) is 2.94. The standard InChI is InChI=1S/C11H18N4S/c1-2-3-10-14-9(12)6-11(15-10)13-8-4-5-16-7-8/h6,8H,2-5,7H2,1H3,(H3,12,13,14,15). The van der Waals surface area contributed by atoms with Crippen LogP contribution in [0.25, 0.3) is 0 Å². The molecule has 0 aliphatic carbocycles. The quantitative estimate of drug-likeness (QED) is 0.839. The van der Waals surface area contributed by atoms with Crippen LogP contribution in [0.4, 0.5) is 11.6 Å². The van der Waals surface area contributed by atoms with Gasteiger partial charge in [-0.25, -0.2) is 9.97 Å². The lowest BCUT2D eigenvalue weighted by Crippen LogP contribution is -2.19. The van der Waals surface area contributed by atoms with Crippen molar-refractivity contribution in [1.29, 1.82) is 0 Å². The Hall–Kier alpha value is -0.970. The number of aromatic nitrogens is 2. The van der Waals surface area contributed by atoms with Gasteiger partial charge in [-0.05, 0) is 18.6 Å². The molecule has 2 heterocycles. The molecule has 1 fully saturated rings. The number of hydrogen-bond donors (Lipinski definition) is 2. The van der Waals surface area contributed by atoms with Gasteiger partial charge >= 0.3 is 0 Å². The fourth-order valence-electron chi connectivity index (χ4n) is 1.78. The van der Waals surface area contributed by atoms with E-state index in [9.17, 15) is 0 Å². The summed E-state index contributed by atoms with van der Waals surface area (Å²) in [7, 11) is 0. The van der Waals surface area contributed by atoms with Gasteiger partial charge in [0, 0.05) is 24.3 Å². The largest absolute Gasteiger partial charge is 0.384 e. The molecular weight excluding hydrogens is 220 g/mol. The van der Waals surface area contributed by atoms with Crippen LogP contribution in [0, 0.1) is 0 Å². The second-order valence-electron chi connectivity index (χ2n) is 4.05. The summed E-state index contributed by atoms with van der Waals surface area (Å²) in [6.07, 6.45) is 3.14. The van der Waals surface area contributed by atoms with Crippen LogP contribution in [0.15, 0.2) is 6.07 Å². The Labute approximate surface area is 100 Å². The summed E-state index contributed by atoms with van der Waals surface area (Å²) in [4.78, 5) is 8.69. The van der Waals surface area contributed by atoms with Crippen LogP contribution in [-0.4, -0.2) is 27.5 Å². The predicted octanol–water partition coefficient (Wildman–Crippen LogP) is 1.93. The van der Waals surface area contributed by atoms with E-state index in [2.05, 4.69) is 22.2 Å². The van der Waals surface area contributed by atoms with E-state index in [1.54, 1.807) is 0 Å². The van der Waals surface area contributed by atoms with Gasteiger partial charge in [0.15, 0.2) is 0 Å². The van der Waals surface area contributed by atoms with Gasteiger partial charge in [-0.15, -0.1) is 0 Å². The first-order valence-corrected chi connectivity index (χ1v) is 6.91. The second-order valence-corrected chi connectivity index (χ2v) is 5.20. The van der Waals surface area contributed by atoms with E-state index >= 15 is 0 Å². The van der Waals surface area contributed by atoms with Crippen molar-refractivity contribution in [2.75, 3.05) is 22.6 Å². The Kier molecular flexibility index (Phi) is 3.88. The van der Waals surface area contributed by atoms with Crippen LogP contribution in [0.2, 0.25) is 0 Å². The van der Waals surface area contributed by atoms with Crippen LogP contribution in [0.1, 0.15) is 25.6 Å². The first-order valence-electron chi connectivity index (χ1n) is 5.75. The third-order valence-electron chi connectivity index (χ3n) is 2.55. The van der Waals surface area contributed by atoms with Gasteiger partial charge in [0.25, 0.3) is 0 Å². The van der Waals surface area contributed by atoms with Crippen LogP contribution < -0.4 is 11.1 Å². The zero-order valence-corrected chi connectivity index (χ0v) is 10.4. The molecule has 1 aromatic heterocycles. The monoisotopic (exact) mass is 238 g/mol. The lowest BCUT2D eigenvalue weighted by molar-refractivity contribution is 0.792. The molecule has 1 aromatic rings. The Morgan fingerprint density at radius 2 is 2.44 bits per heavy atom. The lowest BCUT2D eigenvalue weighted by Gasteiger charge is -2.13. The summed E-state index contributed by atoms with van der Waals surface area (Å²) in [5.74, 6) is 4.68. The number of nitrogen functional groups attached to an aromatic ring is 1. The molecule has 4 nitrogen and oxygen atoms in total. The SMILES string of the molecule is CCCc1nc(N)cc(NC2CCSC2)n1. The number of anilines is 2. The maximum absolute atomic E-state index is 5.77. The number of rotatable bonds is 4. The number of nitrogens with zero attached hydrogens (tertiary/aromatic N) is 2. The summed E-state index contributed by atoms with van der Waals surface area (Å²) >= 11 is 1.98. The highest BCUT2D eigenvalue weighted by molar-refractivity contribution is 7.99. The average molecular weight is 238 g/mol. The van der Waals surface area contributed by atoms with E-state index in [4.69, 9.17) is 5.73 Å². The average Bonchev–Trinajstić information content (AvgIpc) is 2.70. The second kappa shape index (κ2) is 5.39. The predicted molar refractivity (Wildman–Crippen MR) is 69.8 cm³/mol. The summed E-state index contributed by atoms with van der Waals surface area (Å²) < 4.78 is 0. The molecule has 2 rings (SSSR count). The highest BCUT2D eigenvalue weighted by Gasteiger charge is 2.15. The van der Waals surface area contributed by atoms with Crippen molar-refractivity contribution in [3.63, 3.8) is 0 Å². The molecule has 1 atom stereocenters. The Morgan fingerprint density at radius 3 is 3.12 bits per heavy atom. The number of aryl methyl sites for hydroxylation is 1.